The Labute approximate surface area is 137 Å². The summed E-state index contributed by atoms with van der Waals surface area (Å²) in [5.41, 5.74) is 1.38. The number of rotatable bonds is 5. The molecule has 1 N–H and O–H groups in total. The lowest BCUT2D eigenvalue weighted by molar-refractivity contribution is -0.116. The minimum Gasteiger partial charge on any atom is -0.486 e. The van der Waals surface area contributed by atoms with Crippen LogP contribution in [0.4, 0.5) is 5.13 Å². The lowest BCUT2D eigenvalue weighted by Crippen LogP contribution is -2.16. The second-order valence-electron chi connectivity index (χ2n) is 5.12. The van der Waals surface area contributed by atoms with Gasteiger partial charge in [-0.15, -0.1) is 11.3 Å². The molecule has 120 valence electrons. The molecule has 1 aliphatic rings. The van der Waals surface area contributed by atoms with E-state index in [0.29, 0.717) is 35.4 Å². The molecule has 0 fully saturated rings. The number of aryl methyl sites for hydroxylation is 1. The van der Waals surface area contributed by atoms with E-state index < -0.39 is 0 Å². The van der Waals surface area contributed by atoms with Gasteiger partial charge in [0.05, 0.1) is 5.69 Å². The molecule has 1 aromatic heterocycles. The van der Waals surface area contributed by atoms with Crippen molar-refractivity contribution in [1.82, 2.24) is 4.98 Å². The highest BCUT2D eigenvalue weighted by Gasteiger charge is 2.16. The average molecular weight is 332 g/mol. The molecule has 23 heavy (non-hydrogen) atoms. The van der Waals surface area contributed by atoms with E-state index in [0.717, 1.165) is 5.69 Å². The summed E-state index contributed by atoms with van der Waals surface area (Å²) >= 11 is 1.37. The van der Waals surface area contributed by atoms with Gasteiger partial charge < -0.3 is 14.8 Å². The third kappa shape index (κ3) is 3.87. The molecule has 6 nitrogen and oxygen atoms in total. The fourth-order valence-electron chi connectivity index (χ4n) is 2.18. The van der Waals surface area contributed by atoms with Gasteiger partial charge in [0.15, 0.2) is 22.4 Å². The number of amides is 1. The molecule has 7 heteroatoms. The van der Waals surface area contributed by atoms with Gasteiger partial charge in [0.1, 0.15) is 13.2 Å². The zero-order valence-corrected chi connectivity index (χ0v) is 13.4. The summed E-state index contributed by atoms with van der Waals surface area (Å²) in [6.45, 7) is 2.84. The zero-order chi connectivity index (χ0) is 16.2. The molecule has 0 spiro atoms. The Kier molecular flexibility index (Phi) is 4.57. The lowest BCUT2D eigenvalue weighted by Gasteiger charge is -2.18. The molecule has 0 saturated heterocycles. The van der Waals surface area contributed by atoms with Gasteiger partial charge in [-0.05, 0) is 25.1 Å². The maximum absolute atomic E-state index is 12.2. The predicted molar refractivity (Wildman–Crippen MR) is 86.5 cm³/mol. The minimum absolute atomic E-state index is 0.104. The van der Waals surface area contributed by atoms with Crippen molar-refractivity contribution in [3.63, 3.8) is 0 Å². The van der Waals surface area contributed by atoms with E-state index in [1.165, 1.54) is 11.3 Å². The lowest BCUT2D eigenvalue weighted by atomic mass is 10.1. The Morgan fingerprint density at radius 2 is 2.00 bits per heavy atom. The molecule has 0 atom stereocenters. The second kappa shape index (κ2) is 6.78. The molecule has 0 unspecified atom stereocenters. The molecule has 2 aromatic rings. The van der Waals surface area contributed by atoms with Gasteiger partial charge in [0.2, 0.25) is 5.91 Å². The first-order chi connectivity index (χ1) is 11.1. The van der Waals surface area contributed by atoms with E-state index in [1.807, 2.05) is 12.3 Å². The molecule has 2 heterocycles. The maximum atomic E-state index is 12.2. The number of Topliss-reactive ketones (excluding diaryl/α,β-unsaturated/α-hetero) is 1. The standard InChI is InChI=1S/C16H16N2O4S/c1-10-9-23-16(17-10)18-15(20)5-3-12(19)11-2-4-13-14(8-11)22-7-6-21-13/h2,4,8-9H,3,5-7H2,1H3,(H,17,18,20). The van der Waals surface area contributed by atoms with Gasteiger partial charge in [-0.2, -0.15) is 0 Å². The number of ketones is 1. The fourth-order valence-corrected chi connectivity index (χ4v) is 2.89. The van der Waals surface area contributed by atoms with Gasteiger partial charge in [-0.3, -0.25) is 9.59 Å². The number of carbonyl (C=O) groups excluding carboxylic acids is 2. The summed E-state index contributed by atoms with van der Waals surface area (Å²) in [5, 5.41) is 5.10. The van der Waals surface area contributed by atoms with Crippen molar-refractivity contribution in [3.05, 3.63) is 34.8 Å². The number of aromatic nitrogens is 1. The number of fused-ring (bicyclic) bond motifs is 1. The van der Waals surface area contributed by atoms with Crippen LogP contribution in [0.1, 0.15) is 28.9 Å². The van der Waals surface area contributed by atoms with Crippen molar-refractivity contribution in [1.29, 1.82) is 0 Å². The van der Waals surface area contributed by atoms with Gasteiger partial charge >= 0.3 is 0 Å². The topological polar surface area (TPSA) is 77.5 Å². The smallest absolute Gasteiger partial charge is 0.226 e. The van der Waals surface area contributed by atoms with E-state index in [1.54, 1.807) is 18.2 Å². The Morgan fingerprint density at radius 1 is 1.22 bits per heavy atom. The fraction of sp³-hybridized carbons (Fsp3) is 0.312. The third-order valence-corrected chi connectivity index (χ3v) is 4.18. The molecule has 1 amide bonds. The average Bonchev–Trinajstić information content (AvgIpc) is 2.97. The van der Waals surface area contributed by atoms with Crippen LogP contribution in [0.5, 0.6) is 11.5 Å². The van der Waals surface area contributed by atoms with Crippen molar-refractivity contribution in [2.24, 2.45) is 0 Å². The summed E-state index contributed by atoms with van der Waals surface area (Å²) in [7, 11) is 0. The number of benzene rings is 1. The molecule has 1 aliphatic heterocycles. The number of nitrogens with one attached hydrogen (secondary N) is 1. The Morgan fingerprint density at radius 3 is 2.74 bits per heavy atom. The summed E-state index contributed by atoms with van der Waals surface area (Å²) in [5.74, 6) is 0.896. The minimum atomic E-state index is -0.217. The van der Waals surface area contributed by atoms with E-state index in [9.17, 15) is 9.59 Å². The molecular formula is C16H16N2O4S. The van der Waals surface area contributed by atoms with Crippen LogP contribution in [-0.2, 0) is 4.79 Å². The van der Waals surface area contributed by atoms with Crippen LogP contribution in [0.15, 0.2) is 23.6 Å². The summed E-state index contributed by atoms with van der Waals surface area (Å²) in [4.78, 5) is 28.2. The molecule has 0 radical (unpaired) electrons. The predicted octanol–water partition coefficient (Wildman–Crippen LogP) is 2.82. The second-order valence-corrected chi connectivity index (χ2v) is 5.98. The first-order valence-corrected chi connectivity index (χ1v) is 8.14. The number of thiazole rings is 1. The van der Waals surface area contributed by atoms with Crippen molar-refractivity contribution in [2.75, 3.05) is 18.5 Å². The number of nitrogens with zero attached hydrogens (tertiary/aromatic N) is 1. The van der Waals surface area contributed by atoms with Gasteiger partial charge in [-0.1, -0.05) is 0 Å². The third-order valence-electron chi connectivity index (χ3n) is 3.31. The highest BCUT2D eigenvalue weighted by Crippen LogP contribution is 2.31. The van der Waals surface area contributed by atoms with Gasteiger partial charge in [-0.25, -0.2) is 4.98 Å². The monoisotopic (exact) mass is 332 g/mol. The van der Waals surface area contributed by atoms with E-state index in [2.05, 4.69) is 10.3 Å². The normalized spacial score (nSPS) is 12.7. The summed E-state index contributed by atoms with van der Waals surface area (Å²) < 4.78 is 10.9. The van der Waals surface area contributed by atoms with Crippen LogP contribution >= 0.6 is 11.3 Å². The molecule has 0 bridgehead atoms. The molecular weight excluding hydrogens is 316 g/mol. The Bertz CT molecular complexity index is 741. The van der Waals surface area contributed by atoms with Crippen LogP contribution in [-0.4, -0.2) is 29.9 Å². The van der Waals surface area contributed by atoms with Crippen LogP contribution in [0.3, 0.4) is 0 Å². The maximum Gasteiger partial charge on any atom is 0.226 e. The van der Waals surface area contributed by atoms with Crippen LogP contribution in [0.2, 0.25) is 0 Å². The first-order valence-electron chi connectivity index (χ1n) is 7.26. The van der Waals surface area contributed by atoms with Crippen molar-refractivity contribution in [2.45, 2.75) is 19.8 Å². The van der Waals surface area contributed by atoms with E-state index >= 15 is 0 Å². The van der Waals surface area contributed by atoms with Gasteiger partial charge in [0.25, 0.3) is 0 Å². The van der Waals surface area contributed by atoms with E-state index in [4.69, 9.17) is 9.47 Å². The number of carbonyl (C=O) groups is 2. The number of ether oxygens (including phenoxy) is 2. The van der Waals surface area contributed by atoms with E-state index in [-0.39, 0.29) is 24.5 Å². The zero-order valence-electron chi connectivity index (χ0n) is 12.6. The van der Waals surface area contributed by atoms with Gasteiger partial charge in [0, 0.05) is 23.8 Å². The summed E-state index contributed by atoms with van der Waals surface area (Å²) in [6, 6.07) is 5.08. The van der Waals surface area contributed by atoms with Crippen LogP contribution in [0.25, 0.3) is 0 Å². The SMILES string of the molecule is Cc1csc(NC(=O)CCC(=O)c2ccc3c(c2)OCCO3)n1. The first kappa shape index (κ1) is 15.5. The Balaban J connectivity index is 1.55. The number of hydrogen-bond acceptors (Lipinski definition) is 6. The van der Waals surface area contributed by atoms with Crippen molar-refractivity contribution < 1.29 is 19.1 Å². The van der Waals surface area contributed by atoms with Crippen molar-refractivity contribution >= 4 is 28.2 Å². The Hall–Kier alpha value is -2.41. The molecule has 0 aliphatic carbocycles. The highest BCUT2D eigenvalue weighted by atomic mass is 32.1. The quantitative estimate of drug-likeness (QED) is 0.852. The van der Waals surface area contributed by atoms with Crippen LogP contribution in [0, 0.1) is 6.92 Å². The molecule has 3 rings (SSSR count). The van der Waals surface area contributed by atoms with Crippen LogP contribution < -0.4 is 14.8 Å². The number of anilines is 1. The highest BCUT2D eigenvalue weighted by molar-refractivity contribution is 7.13. The molecule has 0 saturated carbocycles. The largest absolute Gasteiger partial charge is 0.486 e. The number of hydrogen-bond donors (Lipinski definition) is 1. The van der Waals surface area contributed by atoms with Crippen molar-refractivity contribution in [3.8, 4) is 11.5 Å². The molecule has 1 aromatic carbocycles. The summed E-state index contributed by atoms with van der Waals surface area (Å²) in [6.07, 6.45) is 0.252.